The molecule has 0 amide bonds. The monoisotopic (exact) mass is 198 g/mol. The van der Waals surface area contributed by atoms with Crippen LogP contribution >= 0.6 is 0 Å². The highest BCUT2D eigenvalue weighted by Gasteiger charge is 2.19. The summed E-state index contributed by atoms with van der Waals surface area (Å²) in [6.07, 6.45) is 0. The number of aliphatic carboxylic acids is 1. The molecule has 4 heteroatoms. The average molecular weight is 198 g/mol. The summed E-state index contributed by atoms with van der Waals surface area (Å²) in [6, 6.07) is 4.46. The van der Waals surface area contributed by atoms with E-state index in [1.54, 1.807) is 6.07 Å². The van der Waals surface area contributed by atoms with E-state index in [2.05, 4.69) is 0 Å². The van der Waals surface area contributed by atoms with E-state index in [0.717, 1.165) is 0 Å². The van der Waals surface area contributed by atoms with Gasteiger partial charge in [0.1, 0.15) is 0 Å². The molecule has 1 unspecified atom stereocenters. The molecule has 0 aromatic heterocycles. The maximum atomic E-state index is 13.5. The number of ether oxygens (including phenoxy) is 1. The van der Waals surface area contributed by atoms with Gasteiger partial charge in [0.05, 0.1) is 13.0 Å². The molecule has 0 radical (unpaired) electrons. The number of halogens is 1. The normalized spacial score (nSPS) is 12.2. The SMILES string of the molecule is COc1cccc(C(C)C(=O)O)c1F. The van der Waals surface area contributed by atoms with Crippen molar-refractivity contribution in [2.24, 2.45) is 0 Å². The average Bonchev–Trinajstić information content (AvgIpc) is 2.17. The third-order valence-corrected chi connectivity index (χ3v) is 2.05. The first-order valence-corrected chi connectivity index (χ1v) is 4.13. The molecular formula is C10H11FO3. The molecule has 0 saturated carbocycles. The topological polar surface area (TPSA) is 46.5 Å². The van der Waals surface area contributed by atoms with Crippen molar-refractivity contribution in [3.8, 4) is 5.75 Å². The van der Waals surface area contributed by atoms with E-state index in [1.807, 2.05) is 0 Å². The fourth-order valence-corrected chi connectivity index (χ4v) is 1.15. The van der Waals surface area contributed by atoms with Crippen LogP contribution < -0.4 is 4.74 Å². The van der Waals surface area contributed by atoms with Gasteiger partial charge in [0.2, 0.25) is 0 Å². The summed E-state index contributed by atoms with van der Waals surface area (Å²) in [6.45, 7) is 1.43. The Hall–Kier alpha value is -1.58. The Labute approximate surface area is 81.1 Å². The molecule has 1 aromatic rings. The fourth-order valence-electron chi connectivity index (χ4n) is 1.15. The lowest BCUT2D eigenvalue weighted by molar-refractivity contribution is -0.138. The number of hydrogen-bond acceptors (Lipinski definition) is 2. The van der Waals surface area contributed by atoms with Gasteiger partial charge in [-0.25, -0.2) is 4.39 Å². The summed E-state index contributed by atoms with van der Waals surface area (Å²) in [5.41, 5.74) is 0.136. The molecule has 0 spiro atoms. The van der Waals surface area contributed by atoms with Crippen LogP contribution in [0.25, 0.3) is 0 Å². The van der Waals surface area contributed by atoms with Crippen molar-refractivity contribution < 1.29 is 19.0 Å². The van der Waals surface area contributed by atoms with Crippen LogP contribution in [0.15, 0.2) is 18.2 Å². The van der Waals surface area contributed by atoms with Gasteiger partial charge >= 0.3 is 5.97 Å². The molecule has 76 valence electrons. The van der Waals surface area contributed by atoms with E-state index < -0.39 is 17.7 Å². The maximum absolute atomic E-state index is 13.5. The van der Waals surface area contributed by atoms with Gasteiger partial charge in [-0.2, -0.15) is 0 Å². The smallest absolute Gasteiger partial charge is 0.310 e. The summed E-state index contributed by atoms with van der Waals surface area (Å²) < 4.78 is 18.2. The number of carboxylic acid groups (broad SMARTS) is 1. The van der Waals surface area contributed by atoms with Crippen LogP contribution in [0.1, 0.15) is 18.4 Å². The Balaban J connectivity index is 3.15. The third-order valence-electron chi connectivity index (χ3n) is 2.05. The summed E-state index contributed by atoms with van der Waals surface area (Å²) in [4.78, 5) is 10.6. The second kappa shape index (κ2) is 4.09. The summed E-state index contributed by atoms with van der Waals surface area (Å²) in [5.74, 6) is -2.47. The Morgan fingerprint density at radius 1 is 1.57 bits per heavy atom. The second-order valence-electron chi connectivity index (χ2n) is 2.92. The zero-order valence-electron chi connectivity index (χ0n) is 7.95. The zero-order chi connectivity index (χ0) is 10.7. The number of benzene rings is 1. The number of methoxy groups -OCH3 is 1. The quantitative estimate of drug-likeness (QED) is 0.808. The van der Waals surface area contributed by atoms with Crippen molar-refractivity contribution in [3.63, 3.8) is 0 Å². The van der Waals surface area contributed by atoms with E-state index in [9.17, 15) is 9.18 Å². The Morgan fingerprint density at radius 3 is 2.71 bits per heavy atom. The van der Waals surface area contributed by atoms with E-state index in [1.165, 1.54) is 26.2 Å². The number of carboxylic acids is 1. The summed E-state index contributed by atoms with van der Waals surface area (Å²) in [7, 11) is 1.34. The van der Waals surface area contributed by atoms with Crippen molar-refractivity contribution in [1.29, 1.82) is 0 Å². The molecule has 0 aliphatic carbocycles. The van der Waals surface area contributed by atoms with E-state index >= 15 is 0 Å². The van der Waals surface area contributed by atoms with Gasteiger partial charge in [-0.05, 0) is 13.0 Å². The van der Waals surface area contributed by atoms with Gasteiger partial charge in [0, 0.05) is 5.56 Å². The fraction of sp³-hybridized carbons (Fsp3) is 0.300. The van der Waals surface area contributed by atoms with Crippen molar-refractivity contribution in [1.82, 2.24) is 0 Å². The number of carbonyl (C=O) groups is 1. The second-order valence-corrected chi connectivity index (χ2v) is 2.92. The molecule has 1 N–H and O–H groups in total. The first-order chi connectivity index (χ1) is 6.57. The van der Waals surface area contributed by atoms with Crippen LogP contribution in [0.3, 0.4) is 0 Å². The molecule has 3 nitrogen and oxygen atoms in total. The van der Waals surface area contributed by atoms with Gasteiger partial charge in [-0.1, -0.05) is 12.1 Å². The first-order valence-electron chi connectivity index (χ1n) is 4.13. The molecule has 14 heavy (non-hydrogen) atoms. The molecule has 1 aromatic carbocycles. The number of hydrogen-bond donors (Lipinski definition) is 1. The lowest BCUT2D eigenvalue weighted by atomic mass is 10.0. The Kier molecular flexibility index (Phi) is 3.06. The van der Waals surface area contributed by atoms with E-state index in [0.29, 0.717) is 0 Å². The molecule has 0 saturated heterocycles. The lowest BCUT2D eigenvalue weighted by Crippen LogP contribution is -2.09. The van der Waals surface area contributed by atoms with Gasteiger partial charge in [-0.15, -0.1) is 0 Å². The predicted molar refractivity (Wildman–Crippen MR) is 49.0 cm³/mol. The van der Waals surface area contributed by atoms with Crippen LogP contribution in [-0.4, -0.2) is 18.2 Å². The van der Waals surface area contributed by atoms with Crippen LogP contribution in [0, 0.1) is 5.82 Å². The predicted octanol–water partition coefficient (Wildman–Crippen LogP) is 2.02. The van der Waals surface area contributed by atoms with Crippen molar-refractivity contribution in [3.05, 3.63) is 29.6 Å². The van der Waals surface area contributed by atoms with Gasteiger partial charge < -0.3 is 9.84 Å². The molecule has 0 heterocycles. The standard InChI is InChI=1S/C10H11FO3/c1-6(10(12)13)7-4-3-5-8(14-2)9(7)11/h3-6H,1-2H3,(H,12,13). The Bertz CT molecular complexity index is 349. The molecule has 1 rings (SSSR count). The van der Waals surface area contributed by atoms with Crippen LogP contribution in [0.4, 0.5) is 4.39 Å². The van der Waals surface area contributed by atoms with Crippen LogP contribution in [-0.2, 0) is 4.79 Å². The molecule has 0 aliphatic heterocycles. The molecule has 0 fully saturated rings. The minimum atomic E-state index is -1.06. The van der Waals surface area contributed by atoms with Crippen LogP contribution in [0.5, 0.6) is 5.75 Å². The number of rotatable bonds is 3. The third kappa shape index (κ3) is 1.84. The zero-order valence-corrected chi connectivity index (χ0v) is 7.95. The maximum Gasteiger partial charge on any atom is 0.310 e. The van der Waals surface area contributed by atoms with Crippen LogP contribution in [0.2, 0.25) is 0 Å². The highest BCUT2D eigenvalue weighted by atomic mass is 19.1. The lowest BCUT2D eigenvalue weighted by Gasteiger charge is -2.10. The minimum absolute atomic E-state index is 0.0654. The largest absolute Gasteiger partial charge is 0.494 e. The molecule has 1 atom stereocenters. The molecular weight excluding hydrogens is 187 g/mol. The summed E-state index contributed by atoms with van der Waals surface area (Å²) >= 11 is 0. The molecule has 0 aliphatic rings. The molecule has 0 bridgehead atoms. The highest BCUT2D eigenvalue weighted by molar-refractivity contribution is 5.75. The van der Waals surface area contributed by atoms with Crippen molar-refractivity contribution in [2.45, 2.75) is 12.8 Å². The highest BCUT2D eigenvalue weighted by Crippen LogP contribution is 2.25. The van der Waals surface area contributed by atoms with Crippen molar-refractivity contribution >= 4 is 5.97 Å². The summed E-state index contributed by atoms with van der Waals surface area (Å²) in [5, 5.41) is 8.72. The van der Waals surface area contributed by atoms with Gasteiger partial charge in [-0.3, -0.25) is 4.79 Å². The van der Waals surface area contributed by atoms with E-state index in [-0.39, 0.29) is 11.3 Å². The Morgan fingerprint density at radius 2 is 2.21 bits per heavy atom. The van der Waals surface area contributed by atoms with E-state index in [4.69, 9.17) is 9.84 Å². The van der Waals surface area contributed by atoms with Gasteiger partial charge in [0.25, 0.3) is 0 Å². The van der Waals surface area contributed by atoms with Gasteiger partial charge in [0.15, 0.2) is 11.6 Å². The minimum Gasteiger partial charge on any atom is -0.494 e. The van der Waals surface area contributed by atoms with Crippen molar-refractivity contribution in [2.75, 3.05) is 7.11 Å². The first kappa shape index (κ1) is 10.5.